The summed E-state index contributed by atoms with van der Waals surface area (Å²) in [7, 11) is 0. The van der Waals surface area contributed by atoms with Crippen molar-refractivity contribution in [2.45, 2.75) is 38.5 Å². The van der Waals surface area contributed by atoms with Gasteiger partial charge in [0.25, 0.3) is 5.91 Å². The molecule has 2 aromatic rings. The molecule has 1 aliphatic heterocycles. The normalized spacial score (nSPS) is 19.1. The number of nitrogens with zero attached hydrogens (tertiary/aromatic N) is 3. The molecule has 7 heteroatoms. The predicted octanol–water partition coefficient (Wildman–Crippen LogP) is 3.87. The van der Waals surface area contributed by atoms with Crippen molar-refractivity contribution in [3.63, 3.8) is 0 Å². The Labute approximate surface area is 199 Å². The van der Waals surface area contributed by atoms with Gasteiger partial charge in [0.15, 0.2) is 6.61 Å². The summed E-state index contributed by atoms with van der Waals surface area (Å²) in [5, 5.41) is 8.96. The summed E-state index contributed by atoms with van der Waals surface area (Å²) < 4.78 is 5.45. The van der Waals surface area contributed by atoms with Gasteiger partial charge in [-0.05, 0) is 43.0 Å². The maximum absolute atomic E-state index is 13.4. The number of hydrogen-bond donors (Lipinski definition) is 0. The fraction of sp³-hybridized carbons (Fsp3) is 0.407. The highest BCUT2D eigenvalue weighted by Gasteiger charge is 2.40. The summed E-state index contributed by atoms with van der Waals surface area (Å²) in [5.41, 5.74) is 2.73. The van der Waals surface area contributed by atoms with E-state index in [9.17, 15) is 14.4 Å². The lowest BCUT2D eigenvalue weighted by atomic mass is 9.78. The van der Waals surface area contributed by atoms with Gasteiger partial charge in [-0.15, -0.1) is 0 Å². The molecule has 1 saturated carbocycles. The minimum Gasteiger partial charge on any atom is -0.455 e. The molecular formula is C27H29N3O4. The molecule has 0 saturated heterocycles. The number of anilines is 2. The van der Waals surface area contributed by atoms with Crippen LogP contribution in [-0.2, 0) is 25.5 Å². The molecule has 2 unspecified atom stereocenters. The molecule has 176 valence electrons. The van der Waals surface area contributed by atoms with Crippen molar-refractivity contribution in [3.05, 3.63) is 60.2 Å². The first-order valence-electron chi connectivity index (χ1n) is 11.9. The molecule has 1 fully saturated rings. The molecule has 0 spiro atoms. The van der Waals surface area contributed by atoms with Crippen LogP contribution in [0.1, 0.15) is 37.7 Å². The van der Waals surface area contributed by atoms with Crippen LogP contribution in [0.2, 0.25) is 0 Å². The van der Waals surface area contributed by atoms with Gasteiger partial charge in [0.05, 0.1) is 24.3 Å². The predicted molar refractivity (Wildman–Crippen MR) is 128 cm³/mol. The minimum absolute atomic E-state index is 0.0298. The number of benzene rings is 2. The number of esters is 1. The Kier molecular flexibility index (Phi) is 7.58. The topological polar surface area (TPSA) is 90.7 Å². The molecule has 1 aliphatic carbocycles. The minimum atomic E-state index is -0.550. The smallest absolute Gasteiger partial charge is 0.310 e. The van der Waals surface area contributed by atoms with Crippen LogP contribution in [0.4, 0.5) is 11.4 Å². The number of para-hydroxylation sites is 2. The van der Waals surface area contributed by atoms with Gasteiger partial charge in [-0.25, -0.2) is 0 Å². The first-order valence-corrected chi connectivity index (χ1v) is 11.9. The van der Waals surface area contributed by atoms with Crippen molar-refractivity contribution >= 4 is 29.2 Å². The van der Waals surface area contributed by atoms with E-state index >= 15 is 0 Å². The number of ether oxygens (including phenoxy) is 1. The van der Waals surface area contributed by atoms with Gasteiger partial charge in [0, 0.05) is 24.5 Å². The van der Waals surface area contributed by atoms with Gasteiger partial charge in [0.2, 0.25) is 5.91 Å². The van der Waals surface area contributed by atoms with Gasteiger partial charge in [-0.3, -0.25) is 14.4 Å². The highest BCUT2D eigenvalue weighted by molar-refractivity contribution is 5.99. The molecule has 0 radical (unpaired) electrons. The number of amides is 2. The number of nitriles is 1. The van der Waals surface area contributed by atoms with E-state index in [1.807, 2.05) is 48.5 Å². The number of fused-ring (bicyclic) bond motifs is 1. The van der Waals surface area contributed by atoms with Crippen molar-refractivity contribution in [1.29, 1.82) is 5.26 Å². The van der Waals surface area contributed by atoms with Gasteiger partial charge in [-0.1, -0.05) is 49.2 Å². The molecule has 2 amide bonds. The summed E-state index contributed by atoms with van der Waals surface area (Å²) in [6.07, 6.45) is 3.96. The number of carbonyl (C=O) groups is 3. The lowest BCUT2D eigenvalue weighted by molar-refractivity contribution is -0.156. The lowest BCUT2D eigenvalue weighted by Gasteiger charge is -2.32. The quantitative estimate of drug-likeness (QED) is 0.586. The van der Waals surface area contributed by atoms with Gasteiger partial charge < -0.3 is 14.5 Å². The van der Waals surface area contributed by atoms with Crippen molar-refractivity contribution in [2.24, 2.45) is 11.8 Å². The third kappa shape index (κ3) is 5.12. The second kappa shape index (κ2) is 11.0. The van der Waals surface area contributed by atoms with Crippen LogP contribution in [0, 0.1) is 23.2 Å². The van der Waals surface area contributed by atoms with Crippen LogP contribution in [0.15, 0.2) is 54.6 Å². The van der Waals surface area contributed by atoms with Crippen LogP contribution < -0.4 is 9.80 Å². The zero-order valence-corrected chi connectivity index (χ0v) is 19.2. The Morgan fingerprint density at radius 3 is 2.47 bits per heavy atom. The van der Waals surface area contributed by atoms with Crippen LogP contribution >= 0.6 is 0 Å². The van der Waals surface area contributed by atoms with E-state index in [2.05, 4.69) is 0 Å². The highest BCUT2D eigenvalue weighted by Crippen LogP contribution is 2.36. The number of carbonyl (C=O) groups excluding carboxylic acids is 3. The van der Waals surface area contributed by atoms with Crippen LogP contribution in [-0.4, -0.2) is 37.5 Å². The first-order chi connectivity index (χ1) is 16.6. The largest absolute Gasteiger partial charge is 0.455 e. The molecule has 1 heterocycles. The monoisotopic (exact) mass is 459 g/mol. The van der Waals surface area contributed by atoms with E-state index in [0.29, 0.717) is 25.1 Å². The lowest BCUT2D eigenvalue weighted by Crippen LogP contribution is -2.43. The van der Waals surface area contributed by atoms with Crippen molar-refractivity contribution in [2.75, 3.05) is 29.5 Å². The maximum Gasteiger partial charge on any atom is 0.310 e. The SMILES string of the molecule is N#CCCN(C(=O)COC(=O)C1CCCCC1C(=O)N1CCc2ccccc21)c1ccccc1. The molecule has 34 heavy (non-hydrogen) atoms. The van der Waals surface area contributed by atoms with E-state index < -0.39 is 24.4 Å². The van der Waals surface area contributed by atoms with Gasteiger partial charge >= 0.3 is 5.97 Å². The number of hydrogen-bond acceptors (Lipinski definition) is 5. The summed E-state index contributed by atoms with van der Waals surface area (Å²) in [4.78, 5) is 42.6. The average Bonchev–Trinajstić information content (AvgIpc) is 3.32. The Morgan fingerprint density at radius 1 is 1.00 bits per heavy atom. The molecule has 0 N–H and O–H groups in total. The molecule has 2 aromatic carbocycles. The molecular weight excluding hydrogens is 430 g/mol. The third-order valence-electron chi connectivity index (χ3n) is 6.69. The fourth-order valence-electron chi connectivity index (χ4n) is 4.96. The van der Waals surface area contributed by atoms with Crippen LogP contribution in [0.5, 0.6) is 0 Å². The Balaban J connectivity index is 1.41. The second-order valence-electron chi connectivity index (χ2n) is 8.76. The highest BCUT2D eigenvalue weighted by atomic mass is 16.5. The second-order valence-corrected chi connectivity index (χ2v) is 8.76. The molecule has 2 aliphatic rings. The molecule has 2 atom stereocenters. The summed E-state index contributed by atoms with van der Waals surface area (Å²) in [5.74, 6) is -1.90. The average molecular weight is 460 g/mol. The van der Waals surface area contributed by atoms with Crippen LogP contribution in [0.3, 0.4) is 0 Å². The fourth-order valence-corrected chi connectivity index (χ4v) is 4.96. The third-order valence-corrected chi connectivity index (χ3v) is 6.69. The number of rotatable bonds is 7. The van der Waals surface area contributed by atoms with E-state index in [4.69, 9.17) is 10.00 Å². The Morgan fingerprint density at radius 2 is 1.71 bits per heavy atom. The van der Waals surface area contributed by atoms with Gasteiger partial charge in [0.1, 0.15) is 0 Å². The van der Waals surface area contributed by atoms with E-state index in [0.717, 1.165) is 30.5 Å². The van der Waals surface area contributed by atoms with Crippen molar-refractivity contribution in [1.82, 2.24) is 0 Å². The summed E-state index contributed by atoms with van der Waals surface area (Å²) in [6.45, 7) is 0.429. The zero-order valence-electron chi connectivity index (χ0n) is 19.2. The summed E-state index contributed by atoms with van der Waals surface area (Å²) in [6, 6.07) is 18.9. The molecule has 4 rings (SSSR count). The van der Waals surface area contributed by atoms with E-state index in [-0.39, 0.29) is 24.8 Å². The van der Waals surface area contributed by atoms with Gasteiger partial charge in [-0.2, -0.15) is 5.26 Å². The van der Waals surface area contributed by atoms with Crippen molar-refractivity contribution in [3.8, 4) is 6.07 Å². The van der Waals surface area contributed by atoms with Crippen LogP contribution in [0.25, 0.3) is 0 Å². The van der Waals surface area contributed by atoms with E-state index in [1.54, 1.807) is 17.0 Å². The molecule has 7 nitrogen and oxygen atoms in total. The maximum atomic E-state index is 13.4. The standard InChI is InChI=1S/C27H29N3O4/c28-16-8-17-29(21-10-2-1-3-11-21)25(31)19-34-27(33)23-13-6-5-12-22(23)26(32)30-18-15-20-9-4-7-14-24(20)30/h1-4,7,9-11,14,22-23H,5-6,8,12-13,15,17-19H2. The zero-order chi connectivity index (χ0) is 23.9. The molecule has 0 bridgehead atoms. The molecule has 0 aromatic heterocycles. The van der Waals surface area contributed by atoms with Crippen molar-refractivity contribution < 1.29 is 19.1 Å². The Hall–Kier alpha value is -3.66. The summed E-state index contributed by atoms with van der Waals surface area (Å²) >= 11 is 0. The van der Waals surface area contributed by atoms with E-state index in [1.165, 1.54) is 4.90 Å². The first kappa shape index (κ1) is 23.5. The Bertz CT molecular complexity index is 1080.